The number of hydrogen-bond acceptors (Lipinski definition) is 4. The number of nitrogens with one attached hydrogen (secondary N) is 1. The highest BCUT2D eigenvalue weighted by molar-refractivity contribution is 7.11. The molecular weight excluding hydrogens is 234 g/mol. The van der Waals surface area contributed by atoms with Crippen molar-refractivity contribution in [2.75, 3.05) is 0 Å². The summed E-state index contributed by atoms with van der Waals surface area (Å²) in [5.41, 5.74) is -0.889. The van der Waals surface area contributed by atoms with Crippen molar-refractivity contribution in [2.24, 2.45) is 5.41 Å². The number of rotatable bonds is 5. The van der Waals surface area contributed by atoms with Gasteiger partial charge in [0.25, 0.3) is 0 Å². The Balaban J connectivity index is 2.63. The fourth-order valence-electron chi connectivity index (χ4n) is 1.60. The Morgan fingerprint density at radius 1 is 1.59 bits per heavy atom. The second kappa shape index (κ2) is 5.78. The van der Waals surface area contributed by atoms with Crippen LogP contribution < -0.4 is 5.32 Å². The summed E-state index contributed by atoms with van der Waals surface area (Å²) >= 11 is 1.55. The van der Waals surface area contributed by atoms with Crippen molar-refractivity contribution in [1.29, 1.82) is 5.26 Å². The second-order valence-corrected chi connectivity index (χ2v) is 5.25. The van der Waals surface area contributed by atoms with Gasteiger partial charge in [-0.25, -0.2) is 4.98 Å². The summed E-state index contributed by atoms with van der Waals surface area (Å²) in [5.74, 6) is -0.184. The number of nitrogens with zero attached hydrogens (tertiary/aromatic N) is 2. The molecule has 0 saturated carbocycles. The number of nitriles is 1. The standard InChI is InChI=1S/C12H17N3OS/c1-4-12(5-2,8-13)11(16)15-7-10-6-14-9(3)17-10/h6H,4-5,7H2,1-3H3,(H,15,16). The molecule has 92 valence electrons. The summed E-state index contributed by atoms with van der Waals surface area (Å²) in [6, 6.07) is 2.13. The Bertz CT molecular complexity index is 429. The van der Waals surface area contributed by atoms with E-state index in [1.165, 1.54) is 0 Å². The monoisotopic (exact) mass is 251 g/mol. The largest absolute Gasteiger partial charge is 0.350 e. The lowest BCUT2D eigenvalue weighted by Gasteiger charge is -2.21. The molecule has 0 spiro atoms. The van der Waals surface area contributed by atoms with Gasteiger partial charge in [0.1, 0.15) is 5.41 Å². The highest BCUT2D eigenvalue weighted by Crippen LogP contribution is 2.25. The molecule has 0 aliphatic carbocycles. The van der Waals surface area contributed by atoms with Gasteiger partial charge in [0.05, 0.1) is 17.6 Å². The van der Waals surface area contributed by atoms with Crippen LogP contribution in [0.3, 0.4) is 0 Å². The van der Waals surface area contributed by atoms with Crippen molar-refractivity contribution in [3.63, 3.8) is 0 Å². The van der Waals surface area contributed by atoms with Crippen LogP contribution in [-0.4, -0.2) is 10.9 Å². The molecule has 1 heterocycles. The van der Waals surface area contributed by atoms with E-state index < -0.39 is 5.41 Å². The lowest BCUT2D eigenvalue weighted by atomic mass is 9.83. The van der Waals surface area contributed by atoms with Gasteiger partial charge in [-0.05, 0) is 19.8 Å². The topological polar surface area (TPSA) is 65.8 Å². The maximum atomic E-state index is 12.0. The van der Waals surface area contributed by atoms with Gasteiger partial charge >= 0.3 is 0 Å². The molecular formula is C12H17N3OS. The van der Waals surface area contributed by atoms with E-state index >= 15 is 0 Å². The van der Waals surface area contributed by atoms with Crippen LogP contribution in [0.1, 0.15) is 36.6 Å². The molecule has 0 fully saturated rings. The minimum Gasteiger partial charge on any atom is -0.350 e. The lowest BCUT2D eigenvalue weighted by molar-refractivity contribution is -0.128. The van der Waals surface area contributed by atoms with Crippen molar-refractivity contribution < 1.29 is 4.79 Å². The smallest absolute Gasteiger partial charge is 0.240 e. The molecule has 5 heteroatoms. The third-order valence-electron chi connectivity index (χ3n) is 2.95. The number of hydrogen-bond donors (Lipinski definition) is 1. The zero-order chi connectivity index (χ0) is 12.9. The normalized spacial score (nSPS) is 10.9. The zero-order valence-corrected chi connectivity index (χ0v) is 11.2. The van der Waals surface area contributed by atoms with Crippen LogP contribution in [0.4, 0.5) is 0 Å². The van der Waals surface area contributed by atoms with E-state index in [0.717, 1.165) is 9.88 Å². The first-order valence-corrected chi connectivity index (χ1v) is 6.50. The van der Waals surface area contributed by atoms with E-state index in [-0.39, 0.29) is 5.91 Å². The summed E-state index contributed by atoms with van der Waals surface area (Å²) < 4.78 is 0. The molecule has 0 atom stereocenters. The van der Waals surface area contributed by atoms with Crippen molar-refractivity contribution in [3.8, 4) is 6.07 Å². The van der Waals surface area contributed by atoms with Gasteiger partial charge in [0.15, 0.2) is 0 Å². The SMILES string of the molecule is CCC(C#N)(CC)C(=O)NCc1cnc(C)s1. The van der Waals surface area contributed by atoms with E-state index in [2.05, 4.69) is 16.4 Å². The maximum absolute atomic E-state index is 12.0. The van der Waals surface area contributed by atoms with E-state index in [0.29, 0.717) is 19.4 Å². The Kier molecular flexibility index (Phi) is 4.64. The zero-order valence-electron chi connectivity index (χ0n) is 10.4. The molecule has 1 N–H and O–H groups in total. The fourth-order valence-corrected chi connectivity index (χ4v) is 2.34. The van der Waals surface area contributed by atoms with Crippen LogP contribution in [0.25, 0.3) is 0 Å². The van der Waals surface area contributed by atoms with Crippen LogP contribution in [0.15, 0.2) is 6.20 Å². The summed E-state index contributed by atoms with van der Waals surface area (Å²) in [6.45, 7) is 6.10. The maximum Gasteiger partial charge on any atom is 0.240 e. The molecule has 0 saturated heterocycles. The number of aromatic nitrogens is 1. The van der Waals surface area contributed by atoms with Crippen molar-refractivity contribution in [3.05, 3.63) is 16.1 Å². The highest BCUT2D eigenvalue weighted by Gasteiger charge is 2.34. The van der Waals surface area contributed by atoms with Gasteiger partial charge in [-0.15, -0.1) is 11.3 Å². The van der Waals surface area contributed by atoms with Crippen molar-refractivity contribution in [1.82, 2.24) is 10.3 Å². The summed E-state index contributed by atoms with van der Waals surface area (Å²) in [6.07, 6.45) is 2.83. The molecule has 1 aromatic heterocycles. The predicted octanol–water partition coefficient (Wildman–Crippen LogP) is 2.40. The van der Waals surface area contributed by atoms with E-state index in [1.54, 1.807) is 17.5 Å². The first-order chi connectivity index (χ1) is 8.07. The van der Waals surface area contributed by atoms with Crippen LogP contribution in [0, 0.1) is 23.7 Å². The minimum atomic E-state index is -0.889. The molecule has 0 aliphatic rings. The Morgan fingerprint density at radius 2 is 2.24 bits per heavy atom. The van der Waals surface area contributed by atoms with E-state index in [9.17, 15) is 4.79 Å². The molecule has 0 aliphatic heterocycles. The van der Waals surface area contributed by atoms with Crippen LogP contribution in [0.5, 0.6) is 0 Å². The molecule has 1 rings (SSSR count). The van der Waals surface area contributed by atoms with Crippen LogP contribution in [-0.2, 0) is 11.3 Å². The Labute approximate surface area is 106 Å². The van der Waals surface area contributed by atoms with Crippen LogP contribution >= 0.6 is 11.3 Å². The highest BCUT2D eigenvalue weighted by atomic mass is 32.1. The molecule has 0 radical (unpaired) electrons. The van der Waals surface area contributed by atoms with E-state index in [1.807, 2.05) is 20.8 Å². The fraction of sp³-hybridized carbons (Fsp3) is 0.583. The van der Waals surface area contributed by atoms with Crippen molar-refractivity contribution in [2.45, 2.75) is 40.2 Å². The average Bonchev–Trinajstić information content (AvgIpc) is 2.75. The van der Waals surface area contributed by atoms with Crippen molar-refractivity contribution >= 4 is 17.2 Å². The minimum absolute atomic E-state index is 0.184. The van der Waals surface area contributed by atoms with Gasteiger partial charge in [-0.3, -0.25) is 4.79 Å². The summed E-state index contributed by atoms with van der Waals surface area (Å²) in [5, 5.41) is 12.9. The lowest BCUT2D eigenvalue weighted by Crippen LogP contribution is -2.38. The molecule has 0 bridgehead atoms. The molecule has 1 amide bonds. The van der Waals surface area contributed by atoms with Gasteiger partial charge in [-0.1, -0.05) is 13.8 Å². The predicted molar refractivity (Wildman–Crippen MR) is 67.3 cm³/mol. The average molecular weight is 251 g/mol. The van der Waals surface area contributed by atoms with Gasteiger partial charge in [0, 0.05) is 11.1 Å². The molecule has 17 heavy (non-hydrogen) atoms. The molecule has 4 nitrogen and oxygen atoms in total. The third kappa shape index (κ3) is 3.04. The number of aryl methyl sites for hydroxylation is 1. The van der Waals surface area contributed by atoms with Crippen LogP contribution in [0.2, 0.25) is 0 Å². The first kappa shape index (κ1) is 13.7. The third-order valence-corrected chi connectivity index (χ3v) is 3.86. The summed E-state index contributed by atoms with van der Waals surface area (Å²) in [7, 11) is 0. The second-order valence-electron chi connectivity index (χ2n) is 3.93. The quantitative estimate of drug-likeness (QED) is 0.873. The van der Waals surface area contributed by atoms with Gasteiger partial charge in [0.2, 0.25) is 5.91 Å². The number of amides is 1. The number of carbonyl (C=O) groups is 1. The Morgan fingerprint density at radius 3 is 2.65 bits per heavy atom. The summed E-state index contributed by atoms with van der Waals surface area (Å²) in [4.78, 5) is 17.1. The molecule has 1 aromatic rings. The number of carbonyl (C=O) groups excluding carboxylic acids is 1. The Hall–Kier alpha value is -1.41. The van der Waals surface area contributed by atoms with Gasteiger partial charge < -0.3 is 5.32 Å². The van der Waals surface area contributed by atoms with Gasteiger partial charge in [-0.2, -0.15) is 5.26 Å². The molecule has 0 unspecified atom stereocenters. The first-order valence-electron chi connectivity index (χ1n) is 5.68. The number of thiazole rings is 1. The molecule has 0 aromatic carbocycles. The van der Waals surface area contributed by atoms with E-state index in [4.69, 9.17) is 5.26 Å².